The Morgan fingerprint density at radius 3 is 2.48 bits per heavy atom. The van der Waals surface area contributed by atoms with Crippen LogP contribution >= 0.6 is 11.3 Å². The Bertz CT molecular complexity index is 753. The molecule has 2 heterocycles. The van der Waals surface area contributed by atoms with Crippen LogP contribution in [0.4, 0.5) is 0 Å². The zero-order valence-electron chi connectivity index (χ0n) is 12.9. The summed E-state index contributed by atoms with van der Waals surface area (Å²) in [4.78, 5) is 24.7. The molecule has 1 aliphatic rings. The fraction of sp³-hybridized carbons (Fsp3) is 0.294. The van der Waals surface area contributed by atoms with E-state index in [0.717, 1.165) is 11.3 Å². The summed E-state index contributed by atoms with van der Waals surface area (Å²) >= 11 is 1.20. The van der Waals surface area contributed by atoms with Gasteiger partial charge >= 0.3 is 0 Å². The van der Waals surface area contributed by atoms with Crippen molar-refractivity contribution in [3.05, 3.63) is 45.6 Å². The molecule has 0 saturated heterocycles. The quantitative estimate of drug-likeness (QED) is 0.874. The lowest BCUT2D eigenvalue weighted by Gasteiger charge is -2.21. The molecule has 1 N–H and O–H groups in total. The fourth-order valence-electron chi connectivity index (χ4n) is 2.33. The number of fused-ring (bicyclic) bond motifs is 1. The molecule has 1 amide bonds. The van der Waals surface area contributed by atoms with E-state index in [2.05, 4.69) is 5.32 Å². The lowest BCUT2D eigenvalue weighted by atomic mass is 10.1. The first-order valence-electron chi connectivity index (χ1n) is 7.36. The van der Waals surface area contributed by atoms with Crippen LogP contribution in [0.25, 0.3) is 0 Å². The molecule has 1 atom stereocenters. The number of ether oxygens (including phenoxy) is 2. The molecule has 2 aromatic rings. The van der Waals surface area contributed by atoms with Gasteiger partial charge in [0.1, 0.15) is 13.2 Å². The molecule has 1 unspecified atom stereocenters. The highest BCUT2D eigenvalue weighted by molar-refractivity contribution is 7.15. The molecule has 0 aliphatic carbocycles. The number of thiophene rings is 1. The highest BCUT2D eigenvalue weighted by Crippen LogP contribution is 2.32. The summed E-state index contributed by atoms with van der Waals surface area (Å²) in [6.07, 6.45) is 0. The van der Waals surface area contributed by atoms with E-state index >= 15 is 0 Å². The molecule has 3 rings (SSSR count). The second-order valence-corrected chi connectivity index (χ2v) is 6.40. The smallest absolute Gasteiger partial charge is 0.261 e. The highest BCUT2D eigenvalue weighted by atomic mass is 32.1. The number of Topliss-reactive ketones (excluding diaryl/α,β-unsaturated/α-hetero) is 1. The van der Waals surface area contributed by atoms with E-state index in [9.17, 15) is 9.59 Å². The summed E-state index contributed by atoms with van der Waals surface area (Å²) < 4.78 is 11.1. The first kappa shape index (κ1) is 15.6. The van der Waals surface area contributed by atoms with Crippen LogP contribution in [0.2, 0.25) is 0 Å². The standard InChI is InChI=1S/C17H17NO4S/c1-10(12-3-4-13-14(9-12)22-8-7-21-13)18-17(20)16-6-5-15(23-16)11(2)19/h3-6,9-10H,7-8H2,1-2H3,(H,18,20). The molecule has 0 radical (unpaired) electrons. The van der Waals surface area contributed by atoms with Crippen molar-refractivity contribution in [2.24, 2.45) is 0 Å². The van der Waals surface area contributed by atoms with E-state index < -0.39 is 0 Å². The third-order valence-corrected chi connectivity index (χ3v) is 4.78. The molecular formula is C17H17NO4S. The highest BCUT2D eigenvalue weighted by Gasteiger charge is 2.17. The molecule has 0 spiro atoms. The van der Waals surface area contributed by atoms with Crippen LogP contribution < -0.4 is 14.8 Å². The van der Waals surface area contributed by atoms with Crippen molar-refractivity contribution in [1.82, 2.24) is 5.32 Å². The average molecular weight is 331 g/mol. The molecule has 1 aliphatic heterocycles. The minimum atomic E-state index is -0.190. The minimum Gasteiger partial charge on any atom is -0.486 e. The normalized spacial score (nSPS) is 14.2. The van der Waals surface area contributed by atoms with Crippen molar-refractivity contribution in [2.75, 3.05) is 13.2 Å². The van der Waals surface area contributed by atoms with E-state index in [0.29, 0.717) is 28.7 Å². The summed E-state index contributed by atoms with van der Waals surface area (Å²) in [7, 11) is 0. The number of hydrogen-bond acceptors (Lipinski definition) is 5. The van der Waals surface area contributed by atoms with Gasteiger partial charge < -0.3 is 14.8 Å². The van der Waals surface area contributed by atoms with E-state index in [1.54, 1.807) is 12.1 Å². The zero-order chi connectivity index (χ0) is 16.4. The van der Waals surface area contributed by atoms with Gasteiger partial charge in [-0.15, -0.1) is 11.3 Å². The Hall–Kier alpha value is -2.34. The number of carbonyl (C=O) groups is 2. The molecule has 5 nitrogen and oxygen atoms in total. The Kier molecular flexibility index (Phi) is 4.34. The zero-order valence-corrected chi connectivity index (χ0v) is 13.7. The van der Waals surface area contributed by atoms with Crippen molar-refractivity contribution in [1.29, 1.82) is 0 Å². The maximum absolute atomic E-state index is 12.3. The Labute approximate surface area is 138 Å². The first-order valence-corrected chi connectivity index (χ1v) is 8.17. The van der Waals surface area contributed by atoms with Gasteiger partial charge in [-0.25, -0.2) is 0 Å². The predicted octanol–water partition coefficient (Wildman–Crippen LogP) is 3.21. The van der Waals surface area contributed by atoms with Gasteiger partial charge in [0.05, 0.1) is 15.8 Å². The van der Waals surface area contributed by atoms with E-state index in [-0.39, 0.29) is 17.7 Å². The Balaban J connectivity index is 1.71. The first-order chi connectivity index (χ1) is 11.0. The topological polar surface area (TPSA) is 64.6 Å². The molecular weight excluding hydrogens is 314 g/mol. The van der Waals surface area contributed by atoms with Gasteiger partial charge in [-0.05, 0) is 43.7 Å². The van der Waals surface area contributed by atoms with Gasteiger partial charge in [-0.2, -0.15) is 0 Å². The van der Waals surface area contributed by atoms with Gasteiger partial charge in [-0.1, -0.05) is 6.07 Å². The molecule has 0 bridgehead atoms. The number of amides is 1. The van der Waals surface area contributed by atoms with E-state index in [1.807, 2.05) is 25.1 Å². The number of nitrogens with one attached hydrogen (secondary N) is 1. The maximum Gasteiger partial charge on any atom is 0.261 e. The Morgan fingerprint density at radius 2 is 1.78 bits per heavy atom. The number of carbonyl (C=O) groups excluding carboxylic acids is 2. The minimum absolute atomic E-state index is 0.0334. The third kappa shape index (κ3) is 3.37. The molecule has 0 saturated carbocycles. The van der Waals surface area contributed by atoms with Gasteiger partial charge in [-0.3, -0.25) is 9.59 Å². The van der Waals surface area contributed by atoms with Crippen LogP contribution in [0.3, 0.4) is 0 Å². The summed E-state index contributed by atoms with van der Waals surface area (Å²) in [5, 5.41) is 2.94. The molecule has 1 aromatic heterocycles. The van der Waals surface area contributed by atoms with Crippen LogP contribution in [-0.2, 0) is 0 Å². The summed E-state index contributed by atoms with van der Waals surface area (Å²) in [5.74, 6) is 1.20. The van der Waals surface area contributed by atoms with Gasteiger partial charge in [0, 0.05) is 0 Å². The fourth-order valence-corrected chi connectivity index (χ4v) is 3.13. The monoisotopic (exact) mass is 331 g/mol. The lowest BCUT2D eigenvalue weighted by molar-refractivity contribution is 0.0943. The third-order valence-electron chi connectivity index (χ3n) is 3.59. The number of rotatable bonds is 4. The van der Waals surface area contributed by atoms with Crippen molar-refractivity contribution in [3.8, 4) is 11.5 Å². The van der Waals surface area contributed by atoms with Gasteiger partial charge in [0.2, 0.25) is 0 Å². The number of hydrogen-bond donors (Lipinski definition) is 1. The molecule has 0 fully saturated rings. The average Bonchev–Trinajstić information content (AvgIpc) is 3.04. The molecule has 6 heteroatoms. The maximum atomic E-state index is 12.3. The van der Waals surface area contributed by atoms with Crippen molar-refractivity contribution < 1.29 is 19.1 Å². The Morgan fingerprint density at radius 1 is 1.09 bits per heavy atom. The van der Waals surface area contributed by atoms with Crippen LogP contribution in [0.1, 0.15) is 44.8 Å². The van der Waals surface area contributed by atoms with E-state index in [4.69, 9.17) is 9.47 Å². The summed E-state index contributed by atoms with van der Waals surface area (Å²) in [5.41, 5.74) is 0.936. The molecule has 1 aromatic carbocycles. The number of ketones is 1. The largest absolute Gasteiger partial charge is 0.486 e. The van der Waals surface area contributed by atoms with Gasteiger partial charge in [0.25, 0.3) is 5.91 Å². The summed E-state index contributed by atoms with van der Waals surface area (Å²) in [6, 6.07) is 8.82. The lowest BCUT2D eigenvalue weighted by Crippen LogP contribution is -2.26. The molecule has 120 valence electrons. The van der Waals surface area contributed by atoms with Crippen LogP contribution in [-0.4, -0.2) is 24.9 Å². The van der Waals surface area contributed by atoms with Crippen molar-refractivity contribution in [3.63, 3.8) is 0 Å². The second-order valence-electron chi connectivity index (χ2n) is 5.32. The second kappa shape index (κ2) is 6.42. The SMILES string of the molecule is CC(=O)c1ccc(C(=O)NC(C)c2ccc3c(c2)OCCO3)s1. The van der Waals surface area contributed by atoms with Gasteiger partial charge in [0.15, 0.2) is 17.3 Å². The van der Waals surface area contributed by atoms with Crippen molar-refractivity contribution in [2.45, 2.75) is 19.9 Å². The van der Waals surface area contributed by atoms with Crippen molar-refractivity contribution >= 4 is 23.0 Å². The van der Waals surface area contributed by atoms with Crippen LogP contribution in [0.15, 0.2) is 30.3 Å². The number of benzene rings is 1. The predicted molar refractivity (Wildman–Crippen MR) is 87.6 cm³/mol. The molecule has 23 heavy (non-hydrogen) atoms. The summed E-state index contributed by atoms with van der Waals surface area (Å²) in [6.45, 7) is 4.48. The van der Waals surface area contributed by atoms with Crippen LogP contribution in [0.5, 0.6) is 11.5 Å². The van der Waals surface area contributed by atoms with E-state index in [1.165, 1.54) is 18.3 Å². The van der Waals surface area contributed by atoms with Crippen LogP contribution in [0, 0.1) is 0 Å².